The number of pyridine rings is 1. The average molecular weight is 369 g/mol. The van der Waals surface area contributed by atoms with Crippen LogP contribution in [0.15, 0.2) is 24.3 Å². The lowest BCUT2D eigenvalue weighted by Crippen LogP contribution is -3.14. The van der Waals surface area contributed by atoms with Gasteiger partial charge in [0, 0.05) is 17.7 Å². The molecule has 2 aliphatic heterocycles. The molecule has 2 fully saturated rings. The van der Waals surface area contributed by atoms with Gasteiger partial charge in [-0.2, -0.15) is 0 Å². The molecule has 1 atom stereocenters. The molecule has 6 nitrogen and oxygen atoms in total. The Morgan fingerprint density at radius 1 is 1.33 bits per heavy atom. The van der Waals surface area contributed by atoms with E-state index in [-0.39, 0.29) is 12.0 Å². The lowest BCUT2D eigenvalue weighted by molar-refractivity contribution is -0.898. The van der Waals surface area contributed by atoms with Gasteiger partial charge in [0.05, 0.1) is 38.2 Å². The highest BCUT2D eigenvalue weighted by Gasteiger charge is 2.24. The maximum Gasteiger partial charge on any atom is 0.253 e. The van der Waals surface area contributed by atoms with E-state index in [2.05, 4.69) is 30.1 Å². The fourth-order valence-electron chi connectivity index (χ4n) is 4.03. The second-order valence-corrected chi connectivity index (χ2v) is 7.61. The summed E-state index contributed by atoms with van der Waals surface area (Å²) in [5, 5.41) is 4.07. The number of anilines is 2. The SMILES string of the molecule is CC[NH+]1CCN(c2cc(C)c3cc(NC(=O)C4CCCO4)ccc3n2)CC1. The predicted molar refractivity (Wildman–Crippen MR) is 108 cm³/mol. The number of hydrogen-bond acceptors (Lipinski definition) is 4. The number of piperazine rings is 1. The third-order valence-electron chi connectivity index (χ3n) is 5.79. The fourth-order valence-corrected chi connectivity index (χ4v) is 4.03. The van der Waals surface area contributed by atoms with E-state index in [9.17, 15) is 4.79 Å². The molecule has 0 bridgehead atoms. The highest BCUT2D eigenvalue weighted by molar-refractivity contribution is 5.97. The molecule has 0 spiro atoms. The number of rotatable bonds is 4. The molecule has 1 unspecified atom stereocenters. The molecule has 2 aromatic rings. The zero-order valence-electron chi connectivity index (χ0n) is 16.3. The summed E-state index contributed by atoms with van der Waals surface area (Å²) in [5.41, 5.74) is 2.97. The highest BCUT2D eigenvalue weighted by Crippen LogP contribution is 2.26. The number of ether oxygens (including phenoxy) is 1. The minimum atomic E-state index is -0.314. The summed E-state index contributed by atoms with van der Waals surface area (Å²) >= 11 is 0. The predicted octanol–water partition coefficient (Wildman–Crippen LogP) is 1.39. The zero-order valence-corrected chi connectivity index (χ0v) is 16.3. The van der Waals surface area contributed by atoms with Crippen LogP contribution in [0.1, 0.15) is 25.3 Å². The number of aryl methyl sites for hydroxylation is 1. The number of carbonyl (C=O) groups is 1. The summed E-state index contributed by atoms with van der Waals surface area (Å²) in [6.45, 7) is 10.7. The number of amides is 1. The number of nitrogens with zero attached hydrogens (tertiary/aromatic N) is 2. The van der Waals surface area contributed by atoms with Crippen LogP contribution in [0.25, 0.3) is 10.9 Å². The molecule has 1 amide bonds. The van der Waals surface area contributed by atoms with Gasteiger partial charge < -0.3 is 19.9 Å². The van der Waals surface area contributed by atoms with Crippen LogP contribution in [0.4, 0.5) is 11.5 Å². The number of carbonyl (C=O) groups excluding carboxylic acids is 1. The van der Waals surface area contributed by atoms with E-state index < -0.39 is 0 Å². The highest BCUT2D eigenvalue weighted by atomic mass is 16.5. The van der Waals surface area contributed by atoms with E-state index in [1.807, 2.05) is 18.2 Å². The van der Waals surface area contributed by atoms with Crippen molar-refractivity contribution < 1.29 is 14.4 Å². The van der Waals surface area contributed by atoms with E-state index in [4.69, 9.17) is 9.72 Å². The van der Waals surface area contributed by atoms with Crippen LogP contribution >= 0.6 is 0 Å². The Balaban J connectivity index is 1.52. The Hall–Kier alpha value is -2.18. The van der Waals surface area contributed by atoms with Crippen LogP contribution in [0.3, 0.4) is 0 Å². The number of likely N-dealkylation sites (N-methyl/N-ethyl adjacent to an activating group) is 1. The average Bonchev–Trinajstić information content (AvgIpc) is 3.23. The standard InChI is InChI=1S/C21H28N4O2/c1-3-24-8-10-25(11-9-24)20-13-15(2)17-14-16(6-7-18(17)23-20)22-21(26)19-5-4-12-27-19/h6-7,13-14,19H,3-5,8-12H2,1-2H3,(H,22,26)/p+1. The molecule has 2 N–H and O–H groups in total. The number of benzene rings is 1. The maximum absolute atomic E-state index is 12.3. The van der Waals surface area contributed by atoms with Crippen LogP contribution in [0.2, 0.25) is 0 Å². The van der Waals surface area contributed by atoms with Gasteiger partial charge in [0.25, 0.3) is 5.91 Å². The Labute approximate surface area is 160 Å². The minimum absolute atomic E-state index is 0.0506. The third kappa shape index (κ3) is 3.92. The topological polar surface area (TPSA) is 58.9 Å². The molecule has 0 saturated carbocycles. The molecule has 2 saturated heterocycles. The summed E-state index contributed by atoms with van der Waals surface area (Å²) in [6.07, 6.45) is 1.44. The first-order valence-electron chi connectivity index (χ1n) is 10.1. The minimum Gasteiger partial charge on any atom is -0.368 e. The van der Waals surface area contributed by atoms with Gasteiger partial charge in [-0.25, -0.2) is 4.98 Å². The Bertz CT molecular complexity index is 824. The molecule has 0 radical (unpaired) electrons. The Morgan fingerprint density at radius 2 is 2.15 bits per heavy atom. The normalized spacial score (nSPS) is 21.0. The van der Waals surface area contributed by atoms with Gasteiger partial charge >= 0.3 is 0 Å². The number of quaternary nitrogens is 1. The van der Waals surface area contributed by atoms with E-state index in [1.165, 1.54) is 25.2 Å². The largest absolute Gasteiger partial charge is 0.368 e. The first-order chi connectivity index (χ1) is 13.1. The monoisotopic (exact) mass is 369 g/mol. The lowest BCUT2D eigenvalue weighted by Gasteiger charge is -2.32. The van der Waals surface area contributed by atoms with Gasteiger partial charge in [-0.05, 0) is 56.5 Å². The van der Waals surface area contributed by atoms with Gasteiger partial charge in [-0.15, -0.1) is 0 Å². The molecule has 27 heavy (non-hydrogen) atoms. The molecule has 0 aliphatic carbocycles. The molecule has 6 heteroatoms. The molecule has 2 aliphatic rings. The number of nitrogens with one attached hydrogen (secondary N) is 2. The maximum atomic E-state index is 12.3. The molecule has 144 valence electrons. The number of aromatic nitrogens is 1. The molecule has 3 heterocycles. The van der Waals surface area contributed by atoms with Crippen molar-refractivity contribution >= 4 is 28.3 Å². The van der Waals surface area contributed by atoms with Crippen molar-refractivity contribution in [2.45, 2.75) is 32.8 Å². The molecule has 1 aromatic carbocycles. The van der Waals surface area contributed by atoms with Crippen LogP contribution in [-0.2, 0) is 9.53 Å². The van der Waals surface area contributed by atoms with Crippen molar-refractivity contribution in [2.75, 3.05) is 49.5 Å². The first-order valence-corrected chi connectivity index (χ1v) is 10.1. The van der Waals surface area contributed by atoms with Gasteiger partial charge in [-0.3, -0.25) is 4.79 Å². The van der Waals surface area contributed by atoms with E-state index in [0.29, 0.717) is 6.61 Å². The van der Waals surface area contributed by atoms with E-state index >= 15 is 0 Å². The Kier molecular flexibility index (Phi) is 5.27. The van der Waals surface area contributed by atoms with Crippen molar-refractivity contribution in [3.63, 3.8) is 0 Å². The van der Waals surface area contributed by atoms with Crippen molar-refractivity contribution in [1.29, 1.82) is 0 Å². The summed E-state index contributed by atoms with van der Waals surface area (Å²) in [5.74, 6) is 1.01. The molecular formula is C21H29N4O2+. The van der Waals surface area contributed by atoms with Gasteiger partial charge in [-0.1, -0.05) is 0 Å². The number of hydrogen-bond donors (Lipinski definition) is 2. The fraction of sp³-hybridized carbons (Fsp3) is 0.524. The van der Waals surface area contributed by atoms with Gasteiger partial charge in [0.1, 0.15) is 11.9 Å². The van der Waals surface area contributed by atoms with Crippen molar-refractivity contribution in [3.8, 4) is 0 Å². The summed E-state index contributed by atoms with van der Waals surface area (Å²) < 4.78 is 5.47. The van der Waals surface area contributed by atoms with Crippen molar-refractivity contribution in [2.24, 2.45) is 0 Å². The van der Waals surface area contributed by atoms with Gasteiger partial charge in [0.15, 0.2) is 0 Å². The summed E-state index contributed by atoms with van der Waals surface area (Å²) in [7, 11) is 0. The van der Waals surface area contributed by atoms with E-state index in [1.54, 1.807) is 4.90 Å². The third-order valence-corrected chi connectivity index (χ3v) is 5.79. The molecule has 4 rings (SSSR count). The zero-order chi connectivity index (χ0) is 18.8. The molecule has 1 aromatic heterocycles. The van der Waals surface area contributed by atoms with Crippen LogP contribution in [-0.4, -0.2) is 56.3 Å². The van der Waals surface area contributed by atoms with Crippen LogP contribution in [0.5, 0.6) is 0 Å². The second-order valence-electron chi connectivity index (χ2n) is 7.61. The second kappa shape index (κ2) is 7.82. The molecular weight excluding hydrogens is 340 g/mol. The number of fused-ring (bicyclic) bond motifs is 1. The van der Waals surface area contributed by atoms with Crippen molar-refractivity contribution in [1.82, 2.24) is 4.98 Å². The lowest BCUT2D eigenvalue weighted by atomic mass is 10.1. The van der Waals surface area contributed by atoms with Crippen LogP contribution < -0.4 is 15.1 Å². The smallest absolute Gasteiger partial charge is 0.253 e. The van der Waals surface area contributed by atoms with Crippen molar-refractivity contribution in [3.05, 3.63) is 29.8 Å². The summed E-state index contributed by atoms with van der Waals surface area (Å²) in [4.78, 5) is 21.2. The van der Waals surface area contributed by atoms with E-state index in [0.717, 1.165) is 48.3 Å². The van der Waals surface area contributed by atoms with Crippen LogP contribution in [0, 0.1) is 6.92 Å². The summed E-state index contributed by atoms with van der Waals surface area (Å²) in [6, 6.07) is 8.13. The quantitative estimate of drug-likeness (QED) is 0.855. The van der Waals surface area contributed by atoms with Gasteiger partial charge in [0.2, 0.25) is 0 Å². The Morgan fingerprint density at radius 3 is 2.85 bits per heavy atom. The first kappa shape index (κ1) is 18.2.